The summed E-state index contributed by atoms with van der Waals surface area (Å²) in [5.74, 6) is 0.634. The van der Waals surface area contributed by atoms with E-state index >= 15 is 0 Å². The molecule has 0 fully saturated rings. The number of hydrogen-bond acceptors (Lipinski definition) is 3. The van der Waals surface area contributed by atoms with Crippen LogP contribution in [0, 0.1) is 19.7 Å². The van der Waals surface area contributed by atoms with Crippen LogP contribution >= 0.6 is 11.3 Å². The Kier molecular flexibility index (Phi) is 3.23. The molecule has 0 bridgehead atoms. The zero-order chi connectivity index (χ0) is 16.0. The summed E-state index contributed by atoms with van der Waals surface area (Å²) in [6, 6.07) is 11.3. The van der Waals surface area contributed by atoms with E-state index in [0.29, 0.717) is 5.56 Å². The summed E-state index contributed by atoms with van der Waals surface area (Å²) in [7, 11) is 0. The summed E-state index contributed by atoms with van der Waals surface area (Å²) in [6.07, 6.45) is 0. The van der Waals surface area contributed by atoms with Crippen LogP contribution in [0.1, 0.15) is 11.4 Å². The molecule has 114 valence electrons. The van der Waals surface area contributed by atoms with E-state index < -0.39 is 0 Å². The molecule has 0 unspecified atom stereocenters. The zero-order valence-corrected chi connectivity index (χ0v) is 13.5. The number of halogens is 1. The van der Waals surface area contributed by atoms with Gasteiger partial charge in [-0.05, 0) is 49.7 Å². The fraction of sp³-hybridized carbons (Fsp3) is 0.111. The maximum absolute atomic E-state index is 13.5. The number of aromatic nitrogens is 3. The van der Waals surface area contributed by atoms with Crippen LogP contribution in [-0.4, -0.2) is 15.0 Å². The Morgan fingerprint density at radius 1 is 1.04 bits per heavy atom. The van der Waals surface area contributed by atoms with E-state index in [1.165, 1.54) is 6.07 Å². The van der Waals surface area contributed by atoms with E-state index in [9.17, 15) is 4.39 Å². The number of fused-ring (bicyclic) bond motifs is 1. The van der Waals surface area contributed by atoms with Gasteiger partial charge in [0.25, 0.3) is 0 Å². The average molecular weight is 323 g/mol. The topological polar surface area (TPSA) is 41.6 Å². The SMILES string of the molecule is Cc1nc(-c2ccc(F)c(C)c2)c(-c2ccc3ncsc3c2)[nH]1. The first kappa shape index (κ1) is 14.1. The third-order valence-electron chi connectivity index (χ3n) is 3.87. The van der Waals surface area contributed by atoms with Crippen molar-refractivity contribution in [3.8, 4) is 22.5 Å². The Morgan fingerprint density at radius 2 is 1.87 bits per heavy atom. The smallest absolute Gasteiger partial charge is 0.126 e. The number of nitrogens with one attached hydrogen (secondary N) is 1. The van der Waals surface area contributed by atoms with Gasteiger partial charge in [-0.25, -0.2) is 14.4 Å². The molecule has 4 aromatic rings. The zero-order valence-electron chi connectivity index (χ0n) is 12.7. The number of aromatic amines is 1. The van der Waals surface area contributed by atoms with Gasteiger partial charge in [-0.3, -0.25) is 0 Å². The molecule has 0 spiro atoms. The van der Waals surface area contributed by atoms with Crippen molar-refractivity contribution in [3.63, 3.8) is 0 Å². The number of imidazole rings is 1. The third-order valence-corrected chi connectivity index (χ3v) is 4.67. The predicted molar refractivity (Wildman–Crippen MR) is 92.1 cm³/mol. The lowest BCUT2D eigenvalue weighted by Crippen LogP contribution is -1.87. The van der Waals surface area contributed by atoms with Crippen molar-refractivity contribution in [2.24, 2.45) is 0 Å². The van der Waals surface area contributed by atoms with Crippen LogP contribution in [0.25, 0.3) is 32.7 Å². The van der Waals surface area contributed by atoms with Crippen LogP contribution in [0.5, 0.6) is 0 Å². The van der Waals surface area contributed by atoms with Gasteiger partial charge in [-0.1, -0.05) is 6.07 Å². The lowest BCUT2D eigenvalue weighted by molar-refractivity contribution is 0.619. The van der Waals surface area contributed by atoms with Crippen LogP contribution in [0.15, 0.2) is 41.9 Å². The molecule has 0 atom stereocenters. The van der Waals surface area contributed by atoms with E-state index in [0.717, 1.165) is 38.6 Å². The van der Waals surface area contributed by atoms with Crippen molar-refractivity contribution in [1.82, 2.24) is 15.0 Å². The Hall–Kier alpha value is -2.53. The Balaban J connectivity index is 1.90. The molecule has 5 heteroatoms. The average Bonchev–Trinajstić information content (AvgIpc) is 3.15. The lowest BCUT2D eigenvalue weighted by atomic mass is 10.0. The van der Waals surface area contributed by atoms with Crippen LogP contribution in [0.2, 0.25) is 0 Å². The van der Waals surface area contributed by atoms with E-state index in [2.05, 4.69) is 21.0 Å². The van der Waals surface area contributed by atoms with Crippen molar-refractivity contribution in [3.05, 3.63) is 59.1 Å². The van der Waals surface area contributed by atoms with Crippen LogP contribution in [0.3, 0.4) is 0 Å². The van der Waals surface area contributed by atoms with Crippen molar-refractivity contribution >= 4 is 21.6 Å². The summed E-state index contributed by atoms with van der Waals surface area (Å²) in [4.78, 5) is 12.2. The van der Waals surface area contributed by atoms with Crippen LogP contribution in [-0.2, 0) is 0 Å². The molecular formula is C18H14FN3S. The molecule has 0 saturated carbocycles. The van der Waals surface area contributed by atoms with Crippen molar-refractivity contribution in [1.29, 1.82) is 0 Å². The number of aryl methyl sites for hydroxylation is 2. The van der Waals surface area contributed by atoms with E-state index in [4.69, 9.17) is 0 Å². The monoisotopic (exact) mass is 323 g/mol. The molecule has 2 heterocycles. The molecule has 0 amide bonds. The minimum atomic E-state index is -0.200. The van der Waals surface area contributed by atoms with Gasteiger partial charge in [-0.15, -0.1) is 11.3 Å². The van der Waals surface area contributed by atoms with Gasteiger partial charge in [0.2, 0.25) is 0 Å². The molecule has 0 aliphatic heterocycles. The standard InChI is InChI=1S/C18H14FN3S/c1-10-7-12(3-5-14(10)19)17-18(22-11(2)21-17)13-4-6-15-16(8-13)23-9-20-15/h3-9H,1-2H3,(H,21,22). The molecular weight excluding hydrogens is 309 g/mol. The Morgan fingerprint density at radius 3 is 2.70 bits per heavy atom. The van der Waals surface area contributed by atoms with Crippen molar-refractivity contribution in [2.45, 2.75) is 13.8 Å². The van der Waals surface area contributed by atoms with Crippen molar-refractivity contribution in [2.75, 3.05) is 0 Å². The number of H-pyrrole nitrogens is 1. The van der Waals surface area contributed by atoms with Gasteiger partial charge in [0.05, 0.1) is 27.1 Å². The Bertz CT molecular complexity index is 1020. The van der Waals surface area contributed by atoms with E-state index in [1.54, 1.807) is 24.3 Å². The van der Waals surface area contributed by atoms with Crippen molar-refractivity contribution < 1.29 is 4.39 Å². The van der Waals surface area contributed by atoms with Gasteiger partial charge in [-0.2, -0.15) is 0 Å². The first-order valence-corrected chi connectivity index (χ1v) is 8.16. The minimum absolute atomic E-state index is 0.200. The summed E-state index contributed by atoms with van der Waals surface area (Å²) in [6.45, 7) is 3.69. The number of rotatable bonds is 2. The molecule has 0 aliphatic rings. The normalized spacial score (nSPS) is 11.3. The molecule has 2 aromatic carbocycles. The van der Waals surface area contributed by atoms with Crippen LogP contribution < -0.4 is 0 Å². The molecule has 0 aliphatic carbocycles. The Labute approximate surface area is 136 Å². The third kappa shape index (κ3) is 2.43. The number of nitrogens with zero attached hydrogens (tertiary/aromatic N) is 2. The summed E-state index contributed by atoms with van der Waals surface area (Å²) in [5.41, 5.74) is 7.21. The fourth-order valence-electron chi connectivity index (χ4n) is 2.71. The highest BCUT2D eigenvalue weighted by atomic mass is 32.1. The first-order valence-electron chi connectivity index (χ1n) is 7.28. The van der Waals surface area contributed by atoms with Gasteiger partial charge >= 0.3 is 0 Å². The quantitative estimate of drug-likeness (QED) is 0.557. The molecule has 23 heavy (non-hydrogen) atoms. The molecule has 1 N–H and O–H groups in total. The van der Waals surface area contributed by atoms with E-state index in [1.807, 2.05) is 30.6 Å². The minimum Gasteiger partial charge on any atom is -0.342 e. The second-order valence-electron chi connectivity index (χ2n) is 5.54. The predicted octanol–water partition coefficient (Wildman–Crippen LogP) is 5.11. The highest BCUT2D eigenvalue weighted by molar-refractivity contribution is 7.16. The molecule has 0 radical (unpaired) electrons. The number of benzene rings is 2. The van der Waals surface area contributed by atoms with Crippen LogP contribution in [0.4, 0.5) is 4.39 Å². The molecule has 0 saturated heterocycles. The molecule has 2 aromatic heterocycles. The first-order chi connectivity index (χ1) is 11.1. The van der Waals surface area contributed by atoms with Gasteiger partial charge in [0.15, 0.2) is 0 Å². The largest absolute Gasteiger partial charge is 0.342 e. The maximum atomic E-state index is 13.5. The highest BCUT2D eigenvalue weighted by Crippen LogP contribution is 2.33. The number of thiazole rings is 1. The summed E-state index contributed by atoms with van der Waals surface area (Å²) in [5, 5.41) is 0. The molecule has 3 nitrogen and oxygen atoms in total. The van der Waals surface area contributed by atoms with Gasteiger partial charge < -0.3 is 4.98 Å². The van der Waals surface area contributed by atoms with E-state index in [-0.39, 0.29) is 5.82 Å². The van der Waals surface area contributed by atoms with Gasteiger partial charge in [0.1, 0.15) is 11.6 Å². The maximum Gasteiger partial charge on any atom is 0.126 e. The molecule has 4 rings (SSSR count). The second kappa shape index (κ2) is 5.28. The second-order valence-corrected chi connectivity index (χ2v) is 6.43. The fourth-order valence-corrected chi connectivity index (χ4v) is 3.43. The summed E-state index contributed by atoms with van der Waals surface area (Å²) >= 11 is 1.61. The lowest BCUT2D eigenvalue weighted by Gasteiger charge is -2.05. The highest BCUT2D eigenvalue weighted by Gasteiger charge is 2.14. The van der Waals surface area contributed by atoms with Gasteiger partial charge in [0, 0.05) is 11.1 Å². The number of hydrogen-bond donors (Lipinski definition) is 1. The summed E-state index contributed by atoms with van der Waals surface area (Å²) < 4.78 is 14.7.